The summed E-state index contributed by atoms with van der Waals surface area (Å²) in [6, 6.07) is 9.76. The summed E-state index contributed by atoms with van der Waals surface area (Å²) in [5, 5.41) is 13.8. The number of pyridine rings is 1. The summed E-state index contributed by atoms with van der Waals surface area (Å²) in [5.41, 5.74) is 2.68. The Morgan fingerprint density at radius 3 is 3.04 bits per heavy atom. The van der Waals surface area contributed by atoms with Gasteiger partial charge in [0.1, 0.15) is 17.2 Å². The number of carbonyl (C=O) groups is 1. The molecule has 3 heterocycles. The fourth-order valence-electron chi connectivity index (χ4n) is 3.56. The van der Waals surface area contributed by atoms with Crippen LogP contribution in [0, 0.1) is 5.82 Å². The van der Waals surface area contributed by atoms with E-state index in [0.29, 0.717) is 25.1 Å². The predicted molar refractivity (Wildman–Crippen MR) is 103 cm³/mol. The van der Waals surface area contributed by atoms with Crippen molar-refractivity contribution in [2.24, 2.45) is 7.05 Å². The number of aliphatic hydroxyl groups is 1. The lowest BCUT2D eigenvalue weighted by Gasteiger charge is -2.28. The quantitative estimate of drug-likeness (QED) is 0.724. The highest BCUT2D eigenvalue weighted by molar-refractivity contribution is 5.95. The van der Waals surface area contributed by atoms with Crippen molar-refractivity contribution in [3.05, 3.63) is 65.2 Å². The minimum Gasteiger partial charge on any atom is -0.389 e. The fourth-order valence-corrected chi connectivity index (χ4v) is 3.56. The number of rotatable bonds is 4. The van der Waals surface area contributed by atoms with Crippen molar-refractivity contribution in [2.45, 2.75) is 25.0 Å². The molecule has 1 aliphatic rings. The zero-order valence-electron chi connectivity index (χ0n) is 15.6. The normalized spacial score (nSPS) is 19.7. The van der Waals surface area contributed by atoms with Gasteiger partial charge in [-0.25, -0.2) is 9.37 Å². The molecule has 0 saturated carbocycles. The third kappa shape index (κ3) is 3.76. The summed E-state index contributed by atoms with van der Waals surface area (Å²) >= 11 is 0. The van der Waals surface area contributed by atoms with E-state index in [1.807, 2.05) is 29.9 Å². The minimum atomic E-state index is -0.733. The lowest BCUT2D eigenvalue weighted by molar-refractivity contribution is -0.0261. The molecule has 146 valence electrons. The van der Waals surface area contributed by atoms with Crippen molar-refractivity contribution >= 4 is 16.9 Å². The van der Waals surface area contributed by atoms with Crippen LogP contribution in [0.25, 0.3) is 11.0 Å². The number of halogens is 1. The lowest BCUT2D eigenvalue weighted by Crippen LogP contribution is -2.48. The zero-order chi connectivity index (χ0) is 19.7. The van der Waals surface area contributed by atoms with E-state index < -0.39 is 6.10 Å². The highest BCUT2D eigenvalue weighted by atomic mass is 19.1. The van der Waals surface area contributed by atoms with Gasteiger partial charge in [-0.2, -0.15) is 0 Å². The summed E-state index contributed by atoms with van der Waals surface area (Å²) < 4.78 is 20.6. The summed E-state index contributed by atoms with van der Waals surface area (Å²) in [7, 11) is 1.87. The molecule has 1 aromatic carbocycles. The topological polar surface area (TPSA) is 76.4 Å². The Balaban J connectivity index is 1.67. The maximum atomic E-state index is 13.6. The molecule has 7 heteroatoms. The number of benzene rings is 1. The molecule has 2 atom stereocenters. The zero-order valence-corrected chi connectivity index (χ0v) is 15.6. The second kappa shape index (κ2) is 7.69. The summed E-state index contributed by atoms with van der Waals surface area (Å²) in [5.74, 6) is -0.628. The molecule has 0 spiro atoms. The first-order valence-corrected chi connectivity index (χ1v) is 9.27. The minimum absolute atomic E-state index is 0.208. The average Bonchev–Trinajstić information content (AvgIpc) is 3.05. The number of nitrogens with zero attached hydrogens (tertiary/aromatic N) is 2. The summed E-state index contributed by atoms with van der Waals surface area (Å²) in [4.78, 5) is 17.3. The van der Waals surface area contributed by atoms with E-state index in [0.717, 1.165) is 16.5 Å². The number of aliphatic hydroxyl groups excluding tert-OH is 1. The van der Waals surface area contributed by atoms with Crippen molar-refractivity contribution in [3.63, 3.8) is 0 Å². The van der Waals surface area contributed by atoms with Crippen LogP contribution in [0.5, 0.6) is 0 Å². The van der Waals surface area contributed by atoms with Crippen LogP contribution in [0.4, 0.5) is 4.39 Å². The molecule has 1 fully saturated rings. The molecule has 0 aliphatic carbocycles. The van der Waals surface area contributed by atoms with Gasteiger partial charge in [0, 0.05) is 25.2 Å². The van der Waals surface area contributed by atoms with E-state index in [2.05, 4.69) is 10.3 Å². The maximum absolute atomic E-state index is 13.6. The van der Waals surface area contributed by atoms with Gasteiger partial charge >= 0.3 is 0 Å². The smallest absolute Gasteiger partial charge is 0.270 e. The number of nitrogens with one attached hydrogen (secondary N) is 1. The van der Waals surface area contributed by atoms with Crippen molar-refractivity contribution in [3.8, 4) is 0 Å². The van der Waals surface area contributed by atoms with E-state index in [9.17, 15) is 14.3 Å². The number of fused-ring (bicyclic) bond motifs is 1. The fraction of sp³-hybridized carbons (Fsp3) is 0.333. The largest absolute Gasteiger partial charge is 0.389 e. The SMILES string of the molecule is Cn1ccc2c(Cc3cccc(F)c3)cc(C(=O)NC3CCOCC3O)nc21. The molecule has 1 amide bonds. The van der Waals surface area contributed by atoms with Crippen molar-refractivity contribution in [1.29, 1.82) is 0 Å². The number of amides is 1. The highest BCUT2D eigenvalue weighted by Crippen LogP contribution is 2.23. The summed E-state index contributed by atoms with van der Waals surface area (Å²) in [6.45, 7) is 0.706. The molecule has 6 nitrogen and oxygen atoms in total. The monoisotopic (exact) mass is 383 g/mol. The van der Waals surface area contributed by atoms with Gasteiger partial charge in [0.05, 0.1) is 18.8 Å². The van der Waals surface area contributed by atoms with Gasteiger partial charge in [-0.3, -0.25) is 4.79 Å². The molecule has 3 aromatic rings. The second-order valence-electron chi connectivity index (χ2n) is 7.15. The number of hydrogen-bond acceptors (Lipinski definition) is 4. The van der Waals surface area contributed by atoms with Crippen molar-refractivity contribution in [2.75, 3.05) is 13.2 Å². The Labute approximate surface area is 162 Å². The standard InChI is InChI=1S/C21H22FN3O3/c1-25-7-5-16-14(9-13-3-2-4-15(22)10-13)11-18(23-20(16)25)21(27)24-17-6-8-28-12-19(17)26/h2-5,7,10-11,17,19,26H,6,8-9,12H2,1H3,(H,24,27). The molecule has 1 saturated heterocycles. The van der Waals surface area contributed by atoms with Gasteiger partial charge < -0.3 is 19.7 Å². The first-order valence-electron chi connectivity index (χ1n) is 9.27. The molecular weight excluding hydrogens is 361 g/mol. The van der Waals surface area contributed by atoms with Crippen molar-refractivity contribution in [1.82, 2.24) is 14.9 Å². The third-order valence-electron chi connectivity index (χ3n) is 5.08. The van der Waals surface area contributed by atoms with Crippen LogP contribution in [0.2, 0.25) is 0 Å². The van der Waals surface area contributed by atoms with E-state index >= 15 is 0 Å². The van der Waals surface area contributed by atoms with E-state index in [1.165, 1.54) is 12.1 Å². The van der Waals surface area contributed by atoms with E-state index in [4.69, 9.17) is 4.74 Å². The van der Waals surface area contributed by atoms with Crippen LogP contribution in [0.3, 0.4) is 0 Å². The van der Waals surface area contributed by atoms with E-state index in [1.54, 1.807) is 12.1 Å². The molecule has 0 bridgehead atoms. The Morgan fingerprint density at radius 1 is 1.39 bits per heavy atom. The number of hydrogen-bond donors (Lipinski definition) is 2. The molecule has 28 heavy (non-hydrogen) atoms. The van der Waals surface area contributed by atoms with Gasteiger partial charge in [0.15, 0.2) is 0 Å². The van der Waals surface area contributed by atoms with Gasteiger partial charge in [-0.1, -0.05) is 12.1 Å². The number of ether oxygens (including phenoxy) is 1. The second-order valence-corrected chi connectivity index (χ2v) is 7.15. The Bertz CT molecular complexity index is 1020. The van der Waals surface area contributed by atoms with Gasteiger partial charge in [-0.15, -0.1) is 0 Å². The van der Waals surface area contributed by atoms with Crippen LogP contribution < -0.4 is 5.32 Å². The molecule has 2 N–H and O–H groups in total. The molecule has 0 radical (unpaired) electrons. The van der Waals surface area contributed by atoms with Gasteiger partial charge in [-0.05, 0) is 48.2 Å². The van der Waals surface area contributed by atoms with Crippen molar-refractivity contribution < 1.29 is 19.0 Å². The molecular formula is C21H22FN3O3. The predicted octanol–water partition coefficient (Wildman–Crippen LogP) is 2.18. The van der Waals surface area contributed by atoms with E-state index in [-0.39, 0.29) is 30.1 Å². The van der Waals surface area contributed by atoms with Crippen LogP contribution in [0.15, 0.2) is 42.6 Å². The molecule has 2 unspecified atom stereocenters. The van der Waals surface area contributed by atoms with Gasteiger partial charge in [0.25, 0.3) is 5.91 Å². The highest BCUT2D eigenvalue weighted by Gasteiger charge is 2.26. The Kier molecular flexibility index (Phi) is 5.11. The molecule has 1 aliphatic heterocycles. The lowest BCUT2D eigenvalue weighted by atomic mass is 10.0. The first-order chi connectivity index (χ1) is 13.5. The Hall–Kier alpha value is -2.77. The average molecular weight is 383 g/mol. The Morgan fingerprint density at radius 2 is 2.25 bits per heavy atom. The maximum Gasteiger partial charge on any atom is 0.270 e. The van der Waals surface area contributed by atoms with Crippen LogP contribution in [-0.2, 0) is 18.2 Å². The van der Waals surface area contributed by atoms with Crippen LogP contribution in [-0.4, -0.2) is 45.9 Å². The number of aryl methyl sites for hydroxylation is 1. The molecule has 2 aromatic heterocycles. The molecule has 4 rings (SSSR count). The third-order valence-corrected chi connectivity index (χ3v) is 5.08. The van der Waals surface area contributed by atoms with Gasteiger partial charge in [0.2, 0.25) is 0 Å². The van der Waals surface area contributed by atoms with Crippen LogP contribution in [0.1, 0.15) is 28.0 Å². The first kappa shape index (κ1) is 18.6. The number of aromatic nitrogens is 2. The summed E-state index contributed by atoms with van der Waals surface area (Å²) in [6.07, 6.45) is 2.19. The van der Waals surface area contributed by atoms with Crippen LogP contribution >= 0.6 is 0 Å². The number of carbonyl (C=O) groups excluding carboxylic acids is 1.